The summed E-state index contributed by atoms with van der Waals surface area (Å²) < 4.78 is 34.0. The molecular weight excluding hydrogens is 617 g/mol. The van der Waals surface area contributed by atoms with Crippen molar-refractivity contribution in [1.29, 1.82) is 0 Å². The fourth-order valence-electron chi connectivity index (χ4n) is 4.26. The average Bonchev–Trinajstić information content (AvgIpc) is 3.01. The Balaban J connectivity index is 4.56. The summed E-state index contributed by atoms with van der Waals surface area (Å²) in [6.45, 7) is 4.16. The smallest absolute Gasteiger partial charge is 0.462 e. The third-order valence-electron chi connectivity index (χ3n) is 7.07. The molecule has 0 aliphatic rings. The maximum atomic E-state index is 12.6. The van der Waals surface area contributed by atoms with Gasteiger partial charge in [0.25, 0.3) is 0 Å². The Morgan fingerprint density at radius 1 is 0.681 bits per heavy atom. The van der Waals surface area contributed by atoms with E-state index < -0.39 is 32.5 Å². The van der Waals surface area contributed by atoms with Crippen LogP contribution in [0.4, 0.5) is 0 Å². The molecule has 0 spiro atoms. The minimum atomic E-state index is -4.37. The highest BCUT2D eigenvalue weighted by Crippen LogP contribution is 2.43. The van der Waals surface area contributed by atoms with Crippen LogP contribution in [0, 0.1) is 0 Å². The SMILES string of the molecule is CC/C=C\C/C=C\C/C=C\CCCCCC(=O)OC(COC(=O)CCCCCCC/C=C\CCC)COP(=O)(O)OCC[N+](C)(C)C. The van der Waals surface area contributed by atoms with E-state index in [1.165, 1.54) is 6.42 Å². The number of phosphoric ester groups is 1. The van der Waals surface area contributed by atoms with Crippen molar-refractivity contribution in [2.45, 2.75) is 129 Å². The summed E-state index contributed by atoms with van der Waals surface area (Å²) in [6.07, 6.45) is 31.7. The molecule has 0 aliphatic carbocycles. The van der Waals surface area contributed by atoms with E-state index in [-0.39, 0.29) is 26.1 Å². The predicted octanol–water partition coefficient (Wildman–Crippen LogP) is 9.18. The number of carbonyl (C=O) groups excluding carboxylic acids is 2. The number of allylic oxidation sites excluding steroid dienone is 8. The van der Waals surface area contributed by atoms with E-state index in [2.05, 4.69) is 62.5 Å². The van der Waals surface area contributed by atoms with Crippen LogP contribution in [0.1, 0.15) is 123 Å². The summed E-state index contributed by atoms with van der Waals surface area (Å²) in [5, 5.41) is 0. The summed E-state index contributed by atoms with van der Waals surface area (Å²) in [5.74, 6) is -0.854. The lowest BCUT2D eigenvalue weighted by Gasteiger charge is -2.24. The first-order valence-corrected chi connectivity index (χ1v) is 19.4. The van der Waals surface area contributed by atoms with Gasteiger partial charge in [-0.3, -0.25) is 18.6 Å². The summed E-state index contributed by atoms with van der Waals surface area (Å²) in [5.41, 5.74) is 0. The van der Waals surface area contributed by atoms with Gasteiger partial charge in [0.15, 0.2) is 6.10 Å². The van der Waals surface area contributed by atoms with Gasteiger partial charge in [-0.05, 0) is 64.2 Å². The third kappa shape index (κ3) is 33.7. The summed E-state index contributed by atoms with van der Waals surface area (Å²) in [6, 6.07) is 0. The summed E-state index contributed by atoms with van der Waals surface area (Å²) >= 11 is 0. The molecular formula is C37H67NO8P+. The van der Waals surface area contributed by atoms with Gasteiger partial charge in [0, 0.05) is 12.8 Å². The Morgan fingerprint density at radius 3 is 1.85 bits per heavy atom. The molecule has 0 rings (SSSR count). The highest BCUT2D eigenvalue weighted by atomic mass is 31.2. The zero-order valence-corrected chi connectivity index (χ0v) is 31.1. The first-order valence-electron chi connectivity index (χ1n) is 17.9. The highest BCUT2D eigenvalue weighted by molar-refractivity contribution is 7.47. The number of unbranched alkanes of at least 4 members (excludes halogenated alkanes) is 9. The molecule has 0 aromatic rings. The van der Waals surface area contributed by atoms with E-state index in [0.29, 0.717) is 17.4 Å². The number of hydrogen-bond acceptors (Lipinski definition) is 7. The molecule has 0 aromatic carbocycles. The zero-order chi connectivity index (χ0) is 35.1. The molecule has 0 aliphatic heterocycles. The standard InChI is InChI=1S/C37H66NO8P/c1-6-8-10-12-14-16-18-19-20-22-24-26-28-30-37(40)46-35(34-45-47(41,42)44-32-31-38(3,4)5)33-43-36(39)29-27-25-23-21-17-15-13-11-9-7-2/h8,10-11,13-14,16,19-20,35H,6-7,9,12,15,17-18,21-34H2,1-5H3/p+1/b10-8-,13-11-,16-14-,20-19-. The van der Waals surface area contributed by atoms with Crippen molar-refractivity contribution in [2.24, 2.45) is 0 Å². The number of hydrogen-bond donors (Lipinski definition) is 1. The molecule has 0 heterocycles. The lowest BCUT2D eigenvalue weighted by molar-refractivity contribution is -0.870. The van der Waals surface area contributed by atoms with Crippen molar-refractivity contribution in [3.8, 4) is 0 Å². The Hall–Kier alpha value is -2.03. The third-order valence-corrected chi connectivity index (χ3v) is 8.06. The molecule has 0 aromatic heterocycles. The van der Waals surface area contributed by atoms with Crippen LogP contribution < -0.4 is 0 Å². The van der Waals surface area contributed by atoms with Crippen molar-refractivity contribution in [1.82, 2.24) is 0 Å². The minimum Gasteiger partial charge on any atom is -0.462 e. The summed E-state index contributed by atoms with van der Waals surface area (Å²) in [4.78, 5) is 35.0. The van der Waals surface area contributed by atoms with Crippen molar-refractivity contribution < 1.29 is 42.1 Å². The molecule has 0 amide bonds. The van der Waals surface area contributed by atoms with Crippen LogP contribution in [0.2, 0.25) is 0 Å². The quantitative estimate of drug-likeness (QED) is 0.0253. The van der Waals surface area contributed by atoms with E-state index >= 15 is 0 Å². The molecule has 1 N–H and O–H groups in total. The maximum Gasteiger partial charge on any atom is 0.472 e. The maximum absolute atomic E-state index is 12.6. The van der Waals surface area contributed by atoms with Crippen molar-refractivity contribution >= 4 is 19.8 Å². The predicted molar refractivity (Wildman–Crippen MR) is 192 cm³/mol. The number of quaternary nitrogens is 1. The van der Waals surface area contributed by atoms with E-state index in [0.717, 1.165) is 83.5 Å². The van der Waals surface area contributed by atoms with Gasteiger partial charge >= 0.3 is 19.8 Å². The number of rotatable bonds is 31. The van der Waals surface area contributed by atoms with Crippen molar-refractivity contribution in [2.75, 3.05) is 47.5 Å². The van der Waals surface area contributed by atoms with Gasteiger partial charge in [-0.15, -0.1) is 0 Å². The molecule has 0 bridgehead atoms. The first-order chi connectivity index (χ1) is 22.5. The van der Waals surface area contributed by atoms with Crippen LogP contribution in [0.5, 0.6) is 0 Å². The van der Waals surface area contributed by atoms with Gasteiger partial charge in [0.1, 0.15) is 19.8 Å². The number of ether oxygens (including phenoxy) is 2. The molecule has 272 valence electrons. The van der Waals surface area contributed by atoms with Gasteiger partial charge < -0.3 is 18.9 Å². The van der Waals surface area contributed by atoms with Crippen LogP contribution in [0.3, 0.4) is 0 Å². The van der Waals surface area contributed by atoms with Crippen molar-refractivity contribution in [3.05, 3.63) is 48.6 Å². The Kier molecular flexibility index (Phi) is 28.8. The van der Waals surface area contributed by atoms with E-state index in [1.807, 2.05) is 21.1 Å². The minimum absolute atomic E-state index is 0.0226. The largest absolute Gasteiger partial charge is 0.472 e. The molecule has 0 fully saturated rings. The number of carbonyl (C=O) groups is 2. The Labute approximate surface area is 286 Å². The molecule has 10 heteroatoms. The Morgan fingerprint density at radius 2 is 1.21 bits per heavy atom. The second kappa shape index (κ2) is 30.1. The number of phosphoric acid groups is 1. The number of nitrogens with zero attached hydrogens (tertiary/aromatic N) is 1. The molecule has 0 saturated heterocycles. The topological polar surface area (TPSA) is 108 Å². The van der Waals surface area contributed by atoms with Crippen LogP contribution in [-0.4, -0.2) is 74.9 Å². The zero-order valence-electron chi connectivity index (χ0n) is 30.2. The van der Waals surface area contributed by atoms with Gasteiger partial charge in [0.05, 0.1) is 27.7 Å². The van der Waals surface area contributed by atoms with Crippen LogP contribution >= 0.6 is 7.82 Å². The molecule has 0 saturated carbocycles. The van der Waals surface area contributed by atoms with Crippen LogP contribution in [0.25, 0.3) is 0 Å². The molecule has 2 unspecified atom stereocenters. The summed E-state index contributed by atoms with van der Waals surface area (Å²) in [7, 11) is 1.44. The first kappa shape index (κ1) is 45.0. The lowest BCUT2D eigenvalue weighted by Crippen LogP contribution is -2.37. The van der Waals surface area contributed by atoms with E-state index in [4.69, 9.17) is 18.5 Å². The van der Waals surface area contributed by atoms with Crippen molar-refractivity contribution in [3.63, 3.8) is 0 Å². The molecule has 9 nitrogen and oxygen atoms in total. The van der Waals surface area contributed by atoms with E-state index in [1.54, 1.807) is 0 Å². The van der Waals surface area contributed by atoms with E-state index in [9.17, 15) is 19.0 Å². The Bertz CT molecular complexity index is 954. The molecule has 2 atom stereocenters. The van der Waals surface area contributed by atoms with Gasteiger partial charge in [0.2, 0.25) is 0 Å². The second-order valence-electron chi connectivity index (χ2n) is 12.9. The number of esters is 2. The van der Waals surface area contributed by atoms with Gasteiger partial charge in [-0.1, -0.05) is 94.6 Å². The highest BCUT2D eigenvalue weighted by Gasteiger charge is 2.27. The fraction of sp³-hybridized carbons (Fsp3) is 0.730. The normalized spacial score (nSPS) is 14.4. The monoisotopic (exact) mass is 684 g/mol. The van der Waals surface area contributed by atoms with Crippen LogP contribution in [-0.2, 0) is 32.7 Å². The average molecular weight is 685 g/mol. The molecule has 0 radical (unpaired) electrons. The number of likely N-dealkylation sites (N-methyl/N-ethyl adjacent to an activating group) is 1. The van der Waals surface area contributed by atoms with Gasteiger partial charge in [-0.2, -0.15) is 0 Å². The van der Waals surface area contributed by atoms with Crippen LogP contribution in [0.15, 0.2) is 48.6 Å². The van der Waals surface area contributed by atoms with Gasteiger partial charge in [-0.25, -0.2) is 4.57 Å². The lowest BCUT2D eigenvalue weighted by atomic mass is 10.1. The molecule has 47 heavy (non-hydrogen) atoms. The second-order valence-corrected chi connectivity index (χ2v) is 14.3. The fourth-order valence-corrected chi connectivity index (χ4v) is 5.00.